The number of aliphatic carboxylic acids is 1. The van der Waals surface area contributed by atoms with Crippen molar-refractivity contribution in [3.05, 3.63) is 12.2 Å². The first kappa shape index (κ1) is 23.9. The molecule has 1 N–H and O–H groups in total. The lowest BCUT2D eigenvalue weighted by Gasteiger charge is -2.31. The van der Waals surface area contributed by atoms with E-state index in [4.69, 9.17) is 9.53 Å². The number of carboxylic acids is 1. The predicted molar refractivity (Wildman–Crippen MR) is 106 cm³/mol. The molecule has 0 unspecified atom stereocenters. The number of hydrogen-bond donors (Lipinski definition) is 1. The molecule has 4 nitrogen and oxygen atoms in total. The highest BCUT2D eigenvalue weighted by Crippen LogP contribution is 2.30. The molecule has 25 heavy (non-hydrogen) atoms. The van der Waals surface area contributed by atoms with Crippen LogP contribution in [0.4, 0.5) is 0 Å². The topological polar surface area (TPSA) is 63.6 Å². The first-order valence-electron chi connectivity index (χ1n) is 10.1. The molecule has 0 aromatic carbocycles. The summed E-state index contributed by atoms with van der Waals surface area (Å²) >= 11 is 0. The largest absolute Gasteiger partial charge is 0.516 e. The van der Waals surface area contributed by atoms with Gasteiger partial charge in [-0.1, -0.05) is 85.0 Å². The minimum absolute atomic E-state index is 0.466. The van der Waals surface area contributed by atoms with E-state index in [9.17, 15) is 9.59 Å². The normalized spacial score (nSPS) is 11.8. The molecule has 0 aromatic heterocycles. The van der Waals surface area contributed by atoms with Gasteiger partial charge in [0.15, 0.2) is 0 Å². The van der Waals surface area contributed by atoms with E-state index >= 15 is 0 Å². The molecule has 0 bridgehead atoms. The average Bonchev–Trinajstić information content (AvgIpc) is 2.59. The third-order valence-corrected chi connectivity index (χ3v) is 9.07. The zero-order valence-electron chi connectivity index (χ0n) is 16.5. The van der Waals surface area contributed by atoms with Crippen LogP contribution in [0.3, 0.4) is 0 Å². The molecule has 0 aliphatic carbocycles. The maximum absolute atomic E-state index is 12.1. The fourth-order valence-corrected chi connectivity index (χ4v) is 7.58. The molecule has 0 saturated heterocycles. The zero-order valence-corrected chi connectivity index (χ0v) is 17.5. The lowest BCUT2D eigenvalue weighted by atomic mass is 10.1. The Balaban J connectivity index is 4.82. The monoisotopic (exact) mass is 370 g/mol. The molecule has 0 heterocycles. The Morgan fingerprint density at radius 2 is 1.24 bits per heavy atom. The SMILES string of the molecule is CCCCCCCC[Si](CCCC)(CCCC)OC(=O)/C=C\C(=O)O. The van der Waals surface area contributed by atoms with E-state index in [-0.39, 0.29) is 0 Å². The quantitative estimate of drug-likeness (QED) is 0.203. The van der Waals surface area contributed by atoms with E-state index in [1.165, 1.54) is 32.1 Å². The Hall–Kier alpha value is -1.10. The lowest BCUT2D eigenvalue weighted by molar-refractivity contribution is -0.133. The van der Waals surface area contributed by atoms with E-state index in [1.807, 2.05) is 0 Å². The maximum atomic E-state index is 12.1. The fourth-order valence-electron chi connectivity index (χ4n) is 3.14. The summed E-state index contributed by atoms with van der Waals surface area (Å²) in [4.78, 5) is 22.8. The summed E-state index contributed by atoms with van der Waals surface area (Å²) in [6.45, 7) is 6.54. The van der Waals surface area contributed by atoms with Crippen molar-refractivity contribution in [2.24, 2.45) is 0 Å². The van der Waals surface area contributed by atoms with Gasteiger partial charge in [0.05, 0.1) is 0 Å². The summed E-state index contributed by atoms with van der Waals surface area (Å²) < 4.78 is 5.97. The average molecular weight is 371 g/mol. The van der Waals surface area contributed by atoms with Crippen LogP contribution in [0.25, 0.3) is 0 Å². The van der Waals surface area contributed by atoms with Gasteiger partial charge in [0.1, 0.15) is 0 Å². The lowest BCUT2D eigenvalue weighted by Crippen LogP contribution is -2.40. The molecule has 0 aliphatic rings. The number of carboxylic acid groups (broad SMARTS) is 1. The van der Waals surface area contributed by atoms with Crippen molar-refractivity contribution < 1.29 is 19.1 Å². The molecule has 0 saturated carbocycles. The van der Waals surface area contributed by atoms with Crippen LogP contribution >= 0.6 is 0 Å². The summed E-state index contributed by atoms with van der Waals surface area (Å²) in [5, 5.41) is 8.70. The van der Waals surface area contributed by atoms with Gasteiger partial charge in [0.2, 0.25) is 0 Å². The van der Waals surface area contributed by atoms with Gasteiger partial charge in [-0.15, -0.1) is 0 Å². The molecular weight excluding hydrogens is 332 g/mol. The van der Waals surface area contributed by atoms with E-state index < -0.39 is 20.3 Å². The van der Waals surface area contributed by atoms with Crippen molar-refractivity contribution >= 4 is 20.3 Å². The van der Waals surface area contributed by atoms with Crippen LogP contribution in [0.15, 0.2) is 12.2 Å². The van der Waals surface area contributed by atoms with Crippen LogP contribution in [0.1, 0.15) is 85.0 Å². The molecule has 0 fully saturated rings. The Morgan fingerprint density at radius 1 is 0.760 bits per heavy atom. The van der Waals surface area contributed by atoms with Crippen LogP contribution in [0.5, 0.6) is 0 Å². The molecule has 0 aliphatic heterocycles. The summed E-state index contributed by atoms with van der Waals surface area (Å²) in [7, 11) is -2.13. The Kier molecular flexibility index (Phi) is 14.5. The molecule has 0 aromatic rings. The van der Waals surface area contributed by atoms with Gasteiger partial charge in [-0.25, -0.2) is 9.59 Å². The second-order valence-corrected chi connectivity index (χ2v) is 11.1. The van der Waals surface area contributed by atoms with E-state index in [2.05, 4.69) is 20.8 Å². The highest BCUT2D eigenvalue weighted by molar-refractivity contribution is 6.75. The Labute approximate surface area is 155 Å². The van der Waals surface area contributed by atoms with Crippen molar-refractivity contribution in [2.75, 3.05) is 0 Å². The predicted octanol–water partition coefficient (Wildman–Crippen LogP) is 6.08. The Bertz CT molecular complexity index is 385. The second-order valence-electron chi connectivity index (χ2n) is 7.00. The van der Waals surface area contributed by atoms with Gasteiger partial charge in [-0.05, 0) is 18.1 Å². The number of carbonyl (C=O) groups is 2. The fraction of sp³-hybridized carbons (Fsp3) is 0.800. The summed E-state index contributed by atoms with van der Waals surface area (Å²) in [5.41, 5.74) is 0. The van der Waals surface area contributed by atoms with Crippen molar-refractivity contribution in [3.8, 4) is 0 Å². The van der Waals surface area contributed by atoms with Gasteiger partial charge in [0, 0.05) is 12.2 Å². The first-order chi connectivity index (χ1) is 12.0. The molecule has 5 heteroatoms. The third kappa shape index (κ3) is 12.8. The molecule has 0 radical (unpaired) electrons. The maximum Gasteiger partial charge on any atom is 0.328 e. The highest BCUT2D eigenvalue weighted by Gasteiger charge is 2.36. The Morgan fingerprint density at radius 3 is 1.76 bits per heavy atom. The molecule has 0 rings (SSSR count). The summed E-state index contributed by atoms with van der Waals surface area (Å²) in [6.07, 6.45) is 13.7. The molecule has 0 amide bonds. The second kappa shape index (κ2) is 15.2. The molecule has 0 atom stereocenters. The smallest absolute Gasteiger partial charge is 0.328 e. The number of hydrogen-bond acceptors (Lipinski definition) is 3. The third-order valence-electron chi connectivity index (χ3n) is 4.64. The minimum Gasteiger partial charge on any atom is -0.516 e. The molecule has 0 spiro atoms. The van der Waals surface area contributed by atoms with Crippen LogP contribution in [0.2, 0.25) is 18.1 Å². The van der Waals surface area contributed by atoms with Crippen LogP contribution in [-0.2, 0) is 14.0 Å². The van der Waals surface area contributed by atoms with Crippen molar-refractivity contribution in [1.82, 2.24) is 0 Å². The van der Waals surface area contributed by atoms with Gasteiger partial charge < -0.3 is 9.53 Å². The minimum atomic E-state index is -2.13. The first-order valence-corrected chi connectivity index (χ1v) is 12.7. The van der Waals surface area contributed by atoms with E-state index in [0.717, 1.165) is 62.4 Å². The number of unbranched alkanes of at least 4 members (excludes halogenated alkanes) is 7. The van der Waals surface area contributed by atoms with Crippen LogP contribution in [-0.4, -0.2) is 25.4 Å². The number of rotatable bonds is 16. The van der Waals surface area contributed by atoms with E-state index in [0.29, 0.717) is 0 Å². The van der Waals surface area contributed by atoms with Crippen LogP contribution in [0, 0.1) is 0 Å². The van der Waals surface area contributed by atoms with Crippen molar-refractivity contribution in [2.45, 2.75) is 103 Å². The zero-order chi connectivity index (χ0) is 19.0. The van der Waals surface area contributed by atoms with Crippen molar-refractivity contribution in [3.63, 3.8) is 0 Å². The molecule has 146 valence electrons. The number of carbonyl (C=O) groups excluding carboxylic acids is 1. The summed E-state index contributed by atoms with van der Waals surface area (Å²) in [6, 6.07) is 3.03. The van der Waals surface area contributed by atoms with Gasteiger partial charge >= 0.3 is 11.9 Å². The van der Waals surface area contributed by atoms with Gasteiger partial charge in [0.25, 0.3) is 8.32 Å². The van der Waals surface area contributed by atoms with Gasteiger partial charge in [-0.3, -0.25) is 0 Å². The van der Waals surface area contributed by atoms with Crippen molar-refractivity contribution in [1.29, 1.82) is 0 Å². The summed E-state index contributed by atoms with van der Waals surface area (Å²) in [5.74, 6) is -1.57. The van der Waals surface area contributed by atoms with Gasteiger partial charge in [-0.2, -0.15) is 0 Å². The van der Waals surface area contributed by atoms with E-state index in [1.54, 1.807) is 0 Å². The molecular formula is C20H38O4Si. The van der Waals surface area contributed by atoms with Crippen LogP contribution < -0.4 is 0 Å². The highest BCUT2D eigenvalue weighted by atomic mass is 28.4. The standard InChI is InChI=1S/C20H38O4Si/c1-4-7-10-11-12-13-18-25(16-8-5-2,17-9-6-3)24-20(23)15-14-19(21)22/h14-15H,4-13,16-18H2,1-3H3,(H,21,22)/b15-14-.